The minimum atomic E-state index is -3.89. The zero-order valence-corrected chi connectivity index (χ0v) is 13.2. The van der Waals surface area contributed by atoms with Crippen molar-refractivity contribution in [2.75, 3.05) is 6.54 Å². The summed E-state index contributed by atoms with van der Waals surface area (Å²) in [5.74, 6) is 0. The molecule has 2 N–H and O–H groups in total. The van der Waals surface area contributed by atoms with E-state index in [2.05, 4.69) is 4.72 Å². The van der Waals surface area contributed by atoms with Crippen LogP contribution in [-0.2, 0) is 10.0 Å². The second kappa shape index (κ2) is 7.17. The molecule has 0 aliphatic heterocycles. The van der Waals surface area contributed by atoms with Gasteiger partial charge in [0.1, 0.15) is 5.02 Å². The third-order valence-corrected chi connectivity index (χ3v) is 4.88. The van der Waals surface area contributed by atoms with E-state index in [9.17, 15) is 23.6 Å². The maximum absolute atomic E-state index is 12.2. The second-order valence-corrected chi connectivity index (χ2v) is 6.72. The van der Waals surface area contributed by atoms with Crippen molar-refractivity contribution in [1.29, 1.82) is 0 Å². The first kappa shape index (κ1) is 17.8. The Morgan fingerprint density at radius 3 is 2.62 bits per heavy atom. The normalized spacial score (nSPS) is 13.1. The lowest BCUT2D eigenvalue weighted by Crippen LogP contribution is -2.27. The van der Waals surface area contributed by atoms with E-state index in [1.54, 1.807) is 6.92 Å². The molecule has 0 saturated carbocycles. The van der Waals surface area contributed by atoms with Crippen LogP contribution in [0.1, 0.15) is 25.3 Å². The van der Waals surface area contributed by atoms with Gasteiger partial charge in [-0.3, -0.25) is 10.1 Å². The SMILES string of the molecule is CCC(O)CCNS(=O)(=O)c1cc([N+](=O)[O-])c(Cl)cc1C. The first-order valence-electron chi connectivity index (χ1n) is 6.31. The van der Waals surface area contributed by atoms with Crippen LogP contribution in [0, 0.1) is 17.0 Å². The molecule has 0 saturated heterocycles. The third kappa shape index (κ3) is 4.63. The molecule has 1 aromatic carbocycles. The van der Waals surface area contributed by atoms with Gasteiger partial charge in [0.25, 0.3) is 5.69 Å². The second-order valence-electron chi connectivity index (χ2n) is 4.57. The molecule has 0 radical (unpaired) electrons. The highest BCUT2D eigenvalue weighted by Crippen LogP contribution is 2.29. The summed E-state index contributed by atoms with van der Waals surface area (Å²) in [5.41, 5.74) is -0.148. The molecule has 118 valence electrons. The van der Waals surface area contributed by atoms with Gasteiger partial charge in [-0.05, 0) is 31.4 Å². The van der Waals surface area contributed by atoms with Gasteiger partial charge in [0.2, 0.25) is 10.0 Å². The summed E-state index contributed by atoms with van der Waals surface area (Å²) in [7, 11) is -3.89. The van der Waals surface area contributed by atoms with Crippen LogP contribution >= 0.6 is 11.6 Å². The van der Waals surface area contributed by atoms with Crippen molar-refractivity contribution in [3.8, 4) is 0 Å². The van der Waals surface area contributed by atoms with Crippen LogP contribution in [0.25, 0.3) is 0 Å². The summed E-state index contributed by atoms with van der Waals surface area (Å²) >= 11 is 5.72. The Balaban J connectivity index is 3.03. The molecule has 0 spiro atoms. The third-order valence-electron chi connectivity index (χ3n) is 2.97. The predicted octanol–water partition coefficient (Wildman–Crippen LogP) is 2.00. The summed E-state index contributed by atoms with van der Waals surface area (Å²) in [6.45, 7) is 3.34. The molecule has 1 atom stereocenters. The molecule has 1 aromatic rings. The van der Waals surface area contributed by atoms with Crippen LogP contribution in [0.4, 0.5) is 5.69 Å². The Morgan fingerprint density at radius 1 is 1.48 bits per heavy atom. The summed E-state index contributed by atoms with van der Waals surface area (Å²) in [6.07, 6.45) is 0.200. The monoisotopic (exact) mass is 336 g/mol. The van der Waals surface area contributed by atoms with Gasteiger partial charge in [-0.2, -0.15) is 0 Å². The van der Waals surface area contributed by atoms with Crippen molar-refractivity contribution in [3.63, 3.8) is 0 Å². The summed E-state index contributed by atoms with van der Waals surface area (Å²) in [5, 5.41) is 20.1. The predicted molar refractivity (Wildman–Crippen MR) is 78.9 cm³/mol. The molecule has 21 heavy (non-hydrogen) atoms. The van der Waals surface area contributed by atoms with E-state index in [1.165, 1.54) is 13.0 Å². The number of sulfonamides is 1. The van der Waals surface area contributed by atoms with Crippen LogP contribution in [0.2, 0.25) is 5.02 Å². The van der Waals surface area contributed by atoms with Crippen molar-refractivity contribution in [1.82, 2.24) is 4.72 Å². The van der Waals surface area contributed by atoms with E-state index in [0.29, 0.717) is 12.0 Å². The highest BCUT2D eigenvalue weighted by Gasteiger charge is 2.23. The highest BCUT2D eigenvalue weighted by molar-refractivity contribution is 7.89. The zero-order chi connectivity index (χ0) is 16.2. The number of hydrogen-bond acceptors (Lipinski definition) is 5. The molecule has 1 rings (SSSR count). The standard InChI is InChI=1S/C12H17ClN2O5S/c1-3-9(16)4-5-14-21(19,20)12-7-11(15(17)18)10(13)6-8(12)2/h6-7,9,14,16H,3-5H2,1-2H3. The summed E-state index contributed by atoms with van der Waals surface area (Å²) in [4.78, 5) is 9.90. The lowest BCUT2D eigenvalue weighted by molar-refractivity contribution is -0.384. The number of aliphatic hydroxyl groups excluding tert-OH is 1. The Bertz CT molecular complexity index is 633. The molecule has 9 heteroatoms. The fraction of sp³-hybridized carbons (Fsp3) is 0.500. The van der Waals surface area contributed by atoms with Crippen LogP contribution < -0.4 is 4.72 Å². The van der Waals surface area contributed by atoms with E-state index in [1.807, 2.05) is 0 Å². The molecule has 0 bridgehead atoms. The number of benzene rings is 1. The number of rotatable bonds is 7. The Morgan fingerprint density at radius 2 is 2.10 bits per heavy atom. The Kier molecular flexibility index (Phi) is 6.09. The van der Waals surface area contributed by atoms with Crippen LogP contribution in [0.5, 0.6) is 0 Å². The highest BCUT2D eigenvalue weighted by atomic mass is 35.5. The van der Waals surface area contributed by atoms with Crippen LogP contribution in [-0.4, -0.2) is 31.1 Å². The molecular weight excluding hydrogens is 320 g/mol. The zero-order valence-electron chi connectivity index (χ0n) is 11.7. The van der Waals surface area contributed by atoms with E-state index in [0.717, 1.165) is 6.07 Å². The number of nitro benzene ring substituents is 1. The van der Waals surface area contributed by atoms with Crippen molar-refractivity contribution >= 4 is 27.3 Å². The minimum Gasteiger partial charge on any atom is -0.393 e. The van der Waals surface area contributed by atoms with Crippen LogP contribution in [0.15, 0.2) is 17.0 Å². The van der Waals surface area contributed by atoms with Crippen molar-refractivity contribution < 1.29 is 18.4 Å². The van der Waals surface area contributed by atoms with Gasteiger partial charge in [0.15, 0.2) is 0 Å². The quantitative estimate of drug-likeness (QED) is 0.584. The maximum Gasteiger partial charge on any atom is 0.289 e. The summed E-state index contributed by atoms with van der Waals surface area (Å²) < 4.78 is 26.6. The molecule has 0 amide bonds. The van der Waals surface area contributed by atoms with Crippen molar-refractivity contribution in [3.05, 3.63) is 32.8 Å². The summed E-state index contributed by atoms with van der Waals surface area (Å²) in [6, 6.07) is 2.19. The molecular formula is C12H17ClN2O5S. The van der Waals surface area contributed by atoms with Crippen molar-refractivity contribution in [2.45, 2.75) is 37.7 Å². The fourth-order valence-corrected chi connectivity index (χ4v) is 3.29. The number of halogens is 1. The van der Waals surface area contributed by atoms with Crippen molar-refractivity contribution in [2.24, 2.45) is 0 Å². The minimum absolute atomic E-state index is 0.0488. The molecule has 0 aliphatic rings. The largest absolute Gasteiger partial charge is 0.393 e. The molecule has 0 heterocycles. The average molecular weight is 337 g/mol. The first-order valence-corrected chi connectivity index (χ1v) is 8.17. The van der Waals surface area contributed by atoms with Gasteiger partial charge in [0, 0.05) is 12.6 Å². The van der Waals surface area contributed by atoms with Gasteiger partial charge in [0.05, 0.1) is 15.9 Å². The molecule has 0 fully saturated rings. The average Bonchev–Trinajstić information content (AvgIpc) is 2.37. The van der Waals surface area contributed by atoms with E-state index in [4.69, 9.17) is 11.6 Å². The lowest BCUT2D eigenvalue weighted by atomic mass is 10.2. The Labute approximate surface area is 128 Å². The van der Waals surface area contributed by atoms with Gasteiger partial charge in [-0.1, -0.05) is 18.5 Å². The van der Waals surface area contributed by atoms with E-state index < -0.39 is 26.7 Å². The van der Waals surface area contributed by atoms with Gasteiger partial charge in [-0.15, -0.1) is 0 Å². The van der Waals surface area contributed by atoms with Crippen LogP contribution in [0.3, 0.4) is 0 Å². The number of aliphatic hydroxyl groups is 1. The molecule has 0 aromatic heterocycles. The number of nitro groups is 1. The maximum atomic E-state index is 12.2. The number of nitrogens with zero attached hydrogens (tertiary/aromatic N) is 1. The van der Waals surface area contributed by atoms with Gasteiger partial charge < -0.3 is 5.11 Å². The number of aryl methyl sites for hydroxylation is 1. The molecule has 1 unspecified atom stereocenters. The molecule has 0 aliphatic carbocycles. The first-order chi connectivity index (χ1) is 9.69. The number of hydrogen-bond donors (Lipinski definition) is 2. The molecule has 7 nitrogen and oxygen atoms in total. The number of nitrogens with one attached hydrogen (secondary N) is 1. The Hall–Kier alpha value is -1.22. The fourth-order valence-electron chi connectivity index (χ4n) is 1.71. The van der Waals surface area contributed by atoms with E-state index >= 15 is 0 Å². The van der Waals surface area contributed by atoms with Gasteiger partial charge in [-0.25, -0.2) is 13.1 Å². The lowest BCUT2D eigenvalue weighted by Gasteiger charge is -2.11. The van der Waals surface area contributed by atoms with Gasteiger partial charge >= 0.3 is 0 Å². The smallest absolute Gasteiger partial charge is 0.289 e. The topological polar surface area (TPSA) is 110 Å². The van der Waals surface area contributed by atoms with E-state index in [-0.39, 0.29) is 22.9 Å².